The van der Waals surface area contributed by atoms with Gasteiger partial charge in [-0.2, -0.15) is 4.39 Å². The molecule has 5 heteroatoms. The van der Waals surface area contributed by atoms with Crippen molar-refractivity contribution < 1.29 is 22.3 Å². The molecule has 0 radical (unpaired) electrons. The molecule has 0 bridgehead atoms. The summed E-state index contributed by atoms with van der Waals surface area (Å²) in [5.41, 5.74) is 2.37. The highest BCUT2D eigenvalue weighted by Gasteiger charge is 2.31. The summed E-state index contributed by atoms with van der Waals surface area (Å²) in [4.78, 5) is 0. The Balaban J connectivity index is 1.03. The Hall–Kier alpha value is -2.56. The van der Waals surface area contributed by atoms with E-state index in [-0.39, 0.29) is 11.7 Å². The van der Waals surface area contributed by atoms with Crippen molar-refractivity contribution in [1.82, 2.24) is 0 Å². The Morgan fingerprint density at radius 3 is 2.09 bits per heavy atom. The van der Waals surface area contributed by atoms with Gasteiger partial charge in [-0.3, -0.25) is 0 Å². The Morgan fingerprint density at radius 2 is 1.45 bits per heavy atom. The van der Waals surface area contributed by atoms with Crippen molar-refractivity contribution in [3.8, 4) is 5.75 Å². The van der Waals surface area contributed by atoms with Crippen LogP contribution >= 0.6 is 0 Å². The molecule has 240 valence electrons. The van der Waals surface area contributed by atoms with Gasteiger partial charge in [-0.05, 0) is 143 Å². The lowest BCUT2D eigenvalue weighted by Crippen LogP contribution is -2.24. The zero-order valence-electron chi connectivity index (χ0n) is 26.7. The maximum atomic E-state index is 14.9. The van der Waals surface area contributed by atoms with E-state index < -0.39 is 23.3 Å². The molecule has 3 aliphatic rings. The van der Waals surface area contributed by atoms with Crippen molar-refractivity contribution in [2.24, 2.45) is 23.7 Å². The first kappa shape index (κ1) is 32.8. The van der Waals surface area contributed by atoms with Crippen molar-refractivity contribution in [2.45, 2.75) is 116 Å². The zero-order chi connectivity index (χ0) is 31.1. The number of benzene rings is 2. The molecule has 1 atom stereocenters. The van der Waals surface area contributed by atoms with Crippen LogP contribution in [0, 0.1) is 46.9 Å². The lowest BCUT2D eigenvalue weighted by atomic mass is 9.69. The molecular formula is C39H50F4O. The maximum Gasteiger partial charge on any atom is 0.201 e. The van der Waals surface area contributed by atoms with Crippen LogP contribution in [0.1, 0.15) is 126 Å². The molecule has 2 aromatic carbocycles. The van der Waals surface area contributed by atoms with E-state index >= 15 is 0 Å². The van der Waals surface area contributed by atoms with Gasteiger partial charge in [0, 0.05) is 5.56 Å². The molecule has 1 unspecified atom stereocenters. The minimum absolute atomic E-state index is 0.0171. The summed E-state index contributed by atoms with van der Waals surface area (Å²) in [5, 5.41) is 0. The molecule has 0 N–H and O–H groups in total. The predicted octanol–water partition coefficient (Wildman–Crippen LogP) is 11.9. The molecule has 1 nitrogen and oxygen atoms in total. The minimum Gasteiger partial charge on any atom is -0.491 e. The Bertz CT molecular complexity index is 1300. The number of allylic oxidation sites excluding steroid dienone is 4. The largest absolute Gasteiger partial charge is 0.491 e. The lowest BCUT2D eigenvalue weighted by molar-refractivity contribution is 0.179. The van der Waals surface area contributed by atoms with E-state index in [4.69, 9.17) is 4.74 Å². The van der Waals surface area contributed by atoms with Gasteiger partial charge in [0.05, 0.1) is 6.61 Å². The molecule has 0 saturated heterocycles. The molecule has 5 rings (SSSR count). The molecule has 0 amide bonds. The van der Waals surface area contributed by atoms with E-state index in [0.717, 1.165) is 68.8 Å². The number of hydrogen-bond donors (Lipinski definition) is 0. The molecule has 2 aromatic rings. The number of hydrogen-bond acceptors (Lipinski definition) is 1. The number of halogens is 4. The fourth-order valence-corrected chi connectivity index (χ4v) is 8.27. The van der Waals surface area contributed by atoms with Gasteiger partial charge in [0.1, 0.15) is 0 Å². The van der Waals surface area contributed by atoms with Gasteiger partial charge in [0.2, 0.25) is 5.82 Å². The number of aryl methyl sites for hydroxylation is 1. The third-order valence-electron chi connectivity index (χ3n) is 11.0. The topological polar surface area (TPSA) is 9.23 Å². The van der Waals surface area contributed by atoms with Gasteiger partial charge in [-0.25, -0.2) is 13.2 Å². The van der Waals surface area contributed by atoms with Crippen LogP contribution in [0.25, 0.3) is 5.57 Å². The quantitative estimate of drug-likeness (QED) is 0.182. The van der Waals surface area contributed by atoms with Crippen LogP contribution < -0.4 is 4.74 Å². The van der Waals surface area contributed by atoms with Crippen LogP contribution in [0.15, 0.2) is 42.5 Å². The van der Waals surface area contributed by atoms with E-state index in [1.54, 1.807) is 25.1 Å². The van der Waals surface area contributed by atoms with Crippen molar-refractivity contribution in [3.63, 3.8) is 0 Å². The summed E-state index contributed by atoms with van der Waals surface area (Å²) >= 11 is 0. The normalized spacial score (nSPS) is 26.1. The Kier molecular flexibility index (Phi) is 11.7. The molecule has 44 heavy (non-hydrogen) atoms. The zero-order valence-corrected chi connectivity index (χ0v) is 26.7. The van der Waals surface area contributed by atoms with E-state index in [2.05, 4.69) is 6.08 Å². The van der Waals surface area contributed by atoms with E-state index in [0.29, 0.717) is 41.6 Å². The maximum absolute atomic E-state index is 14.9. The molecular weight excluding hydrogens is 560 g/mol. The highest BCUT2D eigenvalue weighted by Crippen LogP contribution is 2.44. The second kappa shape index (κ2) is 15.6. The summed E-state index contributed by atoms with van der Waals surface area (Å²) in [6, 6.07) is 6.85. The van der Waals surface area contributed by atoms with E-state index in [9.17, 15) is 17.6 Å². The minimum atomic E-state index is -0.885. The third-order valence-corrected chi connectivity index (χ3v) is 11.0. The van der Waals surface area contributed by atoms with Gasteiger partial charge in [-0.15, -0.1) is 0 Å². The molecule has 0 aromatic heterocycles. The molecule has 0 spiro atoms. The number of ether oxygens (including phenoxy) is 1. The first-order valence-corrected chi connectivity index (χ1v) is 17.3. The van der Waals surface area contributed by atoms with Crippen LogP contribution in [-0.2, 0) is 6.42 Å². The van der Waals surface area contributed by atoms with Crippen molar-refractivity contribution in [1.29, 1.82) is 0 Å². The average molecular weight is 611 g/mol. The summed E-state index contributed by atoms with van der Waals surface area (Å²) in [7, 11) is 0. The molecule has 2 saturated carbocycles. The number of rotatable bonds is 11. The van der Waals surface area contributed by atoms with Gasteiger partial charge >= 0.3 is 0 Å². The summed E-state index contributed by atoms with van der Waals surface area (Å²) in [5.74, 6) is 0.0329. The average Bonchev–Trinajstić information content (AvgIpc) is 3.05. The van der Waals surface area contributed by atoms with Crippen LogP contribution in [0.3, 0.4) is 0 Å². The van der Waals surface area contributed by atoms with Gasteiger partial charge < -0.3 is 4.74 Å². The SMILES string of the molecule is C/C=C/CCc1ccc(C2CCC(CCC3CCC(C4CC=C(c5ccc(OCC)c(F)c5F)CC4)CC3)CC2)c(F)c1F. The molecule has 3 aliphatic carbocycles. The molecule has 0 heterocycles. The highest BCUT2D eigenvalue weighted by molar-refractivity contribution is 5.67. The van der Waals surface area contributed by atoms with E-state index in [1.165, 1.54) is 38.5 Å². The van der Waals surface area contributed by atoms with Crippen LogP contribution in [0.4, 0.5) is 17.6 Å². The van der Waals surface area contributed by atoms with Crippen molar-refractivity contribution >= 4 is 5.57 Å². The first-order chi connectivity index (χ1) is 21.4. The summed E-state index contributed by atoms with van der Waals surface area (Å²) in [6.45, 7) is 4.01. The fraction of sp³-hybridized carbons (Fsp3) is 0.590. The van der Waals surface area contributed by atoms with Gasteiger partial charge in [0.15, 0.2) is 23.2 Å². The monoisotopic (exact) mass is 610 g/mol. The lowest BCUT2D eigenvalue weighted by Gasteiger charge is -2.36. The molecule has 2 fully saturated rings. The Morgan fingerprint density at radius 1 is 0.750 bits per heavy atom. The second-order valence-electron chi connectivity index (χ2n) is 13.6. The van der Waals surface area contributed by atoms with Gasteiger partial charge in [0.25, 0.3) is 0 Å². The van der Waals surface area contributed by atoms with Crippen LogP contribution in [0.2, 0.25) is 0 Å². The van der Waals surface area contributed by atoms with Crippen LogP contribution in [0.5, 0.6) is 5.75 Å². The smallest absolute Gasteiger partial charge is 0.201 e. The fourth-order valence-electron chi connectivity index (χ4n) is 8.27. The summed E-state index contributed by atoms with van der Waals surface area (Å²) < 4.78 is 64.0. The first-order valence-electron chi connectivity index (χ1n) is 17.3. The van der Waals surface area contributed by atoms with Gasteiger partial charge in [-0.1, -0.05) is 56.0 Å². The van der Waals surface area contributed by atoms with Crippen LogP contribution in [-0.4, -0.2) is 6.61 Å². The van der Waals surface area contributed by atoms with Crippen molar-refractivity contribution in [3.05, 3.63) is 82.5 Å². The summed E-state index contributed by atoms with van der Waals surface area (Å²) in [6.07, 6.45) is 21.9. The van der Waals surface area contributed by atoms with E-state index in [1.807, 2.05) is 25.1 Å². The second-order valence-corrected chi connectivity index (χ2v) is 13.6. The molecule has 0 aliphatic heterocycles. The van der Waals surface area contributed by atoms with Crippen molar-refractivity contribution in [2.75, 3.05) is 6.61 Å². The standard InChI is InChI=1S/C39H50F4O/c1-3-5-6-7-32-22-23-33(37(41)36(32)40)30-16-12-27(13-17-30)9-8-26-10-14-28(15-11-26)29-18-20-31(21-19-29)34-24-25-35(44-4-2)39(43)38(34)42/h3,5,20,22-30H,4,6-19,21H2,1-2H3/b5-3+. The Labute approximate surface area is 262 Å². The third kappa shape index (κ3) is 7.80. The highest BCUT2D eigenvalue weighted by atomic mass is 19.2. The predicted molar refractivity (Wildman–Crippen MR) is 172 cm³/mol.